The molecule has 0 unspecified atom stereocenters. The van der Waals surface area contributed by atoms with Crippen LogP contribution in [0.5, 0.6) is 5.75 Å². The molecule has 0 radical (unpaired) electrons. The Kier molecular flexibility index (Phi) is 4.22. The number of carbonyl (C=O) groups is 1. The summed E-state index contributed by atoms with van der Waals surface area (Å²) in [5.74, 6) is 1.45. The lowest BCUT2D eigenvalue weighted by Crippen LogP contribution is -2.73. The number of hydrogen-bond acceptors (Lipinski definition) is 4. The smallest absolute Gasteiger partial charge is 0.252 e. The molecule has 5 rings (SSSR count). The van der Waals surface area contributed by atoms with Gasteiger partial charge in [-0.15, -0.1) is 0 Å². The zero-order valence-corrected chi connectivity index (χ0v) is 19.7. The van der Waals surface area contributed by atoms with Gasteiger partial charge in [-0.25, -0.2) is 0 Å². The van der Waals surface area contributed by atoms with Crippen LogP contribution in [0.1, 0.15) is 74.0 Å². The Morgan fingerprint density at radius 1 is 1.30 bits per heavy atom. The summed E-state index contributed by atoms with van der Waals surface area (Å²) in [4.78, 5) is 12.6. The summed E-state index contributed by atoms with van der Waals surface area (Å²) < 4.78 is 7.14. The highest BCUT2D eigenvalue weighted by Crippen LogP contribution is 2.67. The molecule has 2 fully saturated rings. The van der Waals surface area contributed by atoms with E-state index in [1.165, 1.54) is 0 Å². The third-order valence-corrected chi connectivity index (χ3v) is 11.0. The predicted molar refractivity (Wildman–Crippen MR) is 118 cm³/mol. The third-order valence-electron chi connectivity index (χ3n) is 9.14. The molecule has 30 heavy (non-hydrogen) atoms. The van der Waals surface area contributed by atoms with Crippen molar-refractivity contribution in [2.24, 2.45) is 28.4 Å². The highest BCUT2D eigenvalue weighted by atomic mass is 79.9. The molecule has 1 aromatic carbocycles. The number of benzene rings is 1. The maximum absolute atomic E-state index is 12.4. The number of carbonyl (C=O) groups excluding carboxylic acids is 1. The summed E-state index contributed by atoms with van der Waals surface area (Å²) in [5, 5.41) is 12.8. The summed E-state index contributed by atoms with van der Waals surface area (Å²) >= 11 is 3.92. The van der Waals surface area contributed by atoms with Crippen LogP contribution in [0.15, 0.2) is 6.07 Å². The Balaban J connectivity index is 1.77. The number of amides is 1. The Morgan fingerprint density at radius 3 is 2.73 bits per heavy atom. The van der Waals surface area contributed by atoms with Gasteiger partial charge < -0.3 is 15.8 Å². The van der Waals surface area contributed by atoms with Gasteiger partial charge in [-0.1, -0.05) is 43.6 Å². The van der Waals surface area contributed by atoms with Gasteiger partial charge in [0.25, 0.3) is 5.91 Å². The topological polar surface area (TPSA) is 88.1 Å². The van der Waals surface area contributed by atoms with Crippen molar-refractivity contribution in [1.29, 1.82) is 5.26 Å². The van der Waals surface area contributed by atoms with Crippen molar-refractivity contribution in [3.05, 3.63) is 28.3 Å². The van der Waals surface area contributed by atoms with Crippen molar-refractivity contribution < 1.29 is 9.53 Å². The molecule has 6 heteroatoms. The Bertz CT molecular complexity index is 999. The molecule has 1 spiro atoms. The minimum atomic E-state index is -0.404. The highest BCUT2D eigenvalue weighted by Gasteiger charge is 2.69. The van der Waals surface area contributed by atoms with E-state index < -0.39 is 5.60 Å². The van der Waals surface area contributed by atoms with Gasteiger partial charge in [-0.05, 0) is 36.7 Å². The van der Waals surface area contributed by atoms with Crippen LogP contribution in [0.25, 0.3) is 0 Å². The quantitative estimate of drug-likeness (QED) is 0.558. The maximum Gasteiger partial charge on any atom is 0.252 e. The van der Waals surface area contributed by atoms with E-state index >= 15 is 0 Å². The number of hydrogen-bond donors (Lipinski definition) is 2. The fourth-order valence-electron chi connectivity index (χ4n) is 7.22. The van der Waals surface area contributed by atoms with E-state index in [1.807, 2.05) is 0 Å². The van der Waals surface area contributed by atoms with E-state index in [0.29, 0.717) is 29.5 Å². The summed E-state index contributed by atoms with van der Waals surface area (Å²) in [7, 11) is 0. The molecule has 160 valence electrons. The van der Waals surface area contributed by atoms with E-state index in [2.05, 4.69) is 55.0 Å². The second-order valence-corrected chi connectivity index (χ2v) is 11.7. The number of rotatable bonds is 0. The second-order valence-electron chi connectivity index (χ2n) is 10.8. The number of nitrogens with zero attached hydrogens (tertiary/aromatic N) is 1. The van der Waals surface area contributed by atoms with Crippen molar-refractivity contribution in [3.63, 3.8) is 0 Å². The van der Waals surface area contributed by atoms with Crippen LogP contribution in [0.2, 0.25) is 0 Å². The van der Waals surface area contributed by atoms with Crippen molar-refractivity contribution in [2.45, 2.75) is 76.4 Å². The summed E-state index contributed by atoms with van der Waals surface area (Å²) in [6.45, 7) is 9.77. The Hall–Kier alpha value is -1.58. The van der Waals surface area contributed by atoms with Gasteiger partial charge in [0.05, 0.1) is 11.6 Å². The number of alkyl halides is 1. The average molecular weight is 472 g/mol. The molecule has 2 saturated carbocycles. The molecule has 1 aromatic rings. The lowest BCUT2D eigenvalue weighted by atomic mass is 9.43. The first-order valence-electron chi connectivity index (χ1n) is 11.0. The summed E-state index contributed by atoms with van der Waals surface area (Å²) in [6.07, 6.45) is 3.82. The van der Waals surface area contributed by atoms with E-state index in [0.717, 1.165) is 42.6 Å². The fourth-order valence-corrected chi connectivity index (χ4v) is 7.72. The molecule has 5 nitrogen and oxygen atoms in total. The molecule has 6 atom stereocenters. The first-order chi connectivity index (χ1) is 14.1. The van der Waals surface area contributed by atoms with Crippen molar-refractivity contribution in [2.75, 3.05) is 0 Å². The van der Waals surface area contributed by atoms with Gasteiger partial charge in [0.2, 0.25) is 0 Å². The van der Waals surface area contributed by atoms with E-state index in [1.54, 1.807) is 6.07 Å². The molecule has 0 aromatic heterocycles. The Labute approximate surface area is 186 Å². The number of halogens is 1. The van der Waals surface area contributed by atoms with Crippen LogP contribution in [-0.4, -0.2) is 22.4 Å². The van der Waals surface area contributed by atoms with E-state index in [4.69, 9.17) is 10.5 Å². The third kappa shape index (κ3) is 2.29. The molecule has 0 saturated heterocycles. The molecule has 2 aliphatic heterocycles. The average Bonchev–Trinajstić information content (AvgIpc) is 3.06. The van der Waals surface area contributed by atoms with Crippen LogP contribution in [0, 0.1) is 34.0 Å². The number of ether oxygens (including phenoxy) is 1. The van der Waals surface area contributed by atoms with Crippen LogP contribution >= 0.6 is 15.9 Å². The molecule has 3 N–H and O–H groups in total. The molecule has 1 amide bonds. The number of nitrogens with one attached hydrogen (secondary N) is 1. The number of nitriles is 1. The lowest BCUT2D eigenvalue weighted by Gasteiger charge is -2.68. The molecular weight excluding hydrogens is 442 g/mol. The first-order valence-corrected chi connectivity index (χ1v) is 11.9. The maximum atomic E-state index is 12.4. The van der Waals surface area contributed by atoms with Gasteiger partial charge in [0.15, 0.2) is 0 Å². The van der Waals surface area contributed by atoms with Crippen LogP contribution in [0.4, 0.5) is 0 Å². The Morgan fingerprint density at radius 2 is 2.03 bits per heavy atom. The zero-order valence-electron chi connectivity index (χ0n) is 18.1. The SMILES string of the molecule is C[C@H]1CC[C@H]2C(C)(C)[C@@H](Br)[C@H](N)C[C@]23Oc2c(c(C#N)cc4c2CNC4=O)C[C@]13C. The van der Waals surface area contributed by atoms with Crippen molar-refractivity contribution in [1.82, 2.24) is 5.32 Å². The normalized spacial score (nSPS) is 40.8. The largest absolute Gasteiger partial charge is 0.486 e. The lowest BCUT2D eigenvalue weighted by molar-refractivity contribution is -0.211. The van der Waals surface area contributed by atoms with Crippen molar-refractivity contribution in [3.8, 4) is 11.8 Å². The first kappa shape index (κ1) is 20.3. The molecular formula is C24H30BrN3O2. The highest BCUT2D eigenvalue weighted by molar-refractivity contribution is 9.09. The van der Waals surface area contributed by atoms with Crippen LogP contribution in [0.3, 0.4) is 0 Å². The van der Waals surface area contributed by atoms with Crippen LogP contribution < -0.4 is 15.8 Å². The van der Waals surface area contributed by atoms with Gasteiger partial charge >= 0.3 is 0 Å². The van der Waals surface area contributed by atoms with Crippen LogP contribution in [-0.2, 0) is 13.0 Å². The monoisotopic (exact) mass is 471 g/mol. The molecule has 0 bridgehead atoms. The summed E-state index contributed by atoms with van der Waals surface area (Å²) in [5.41, 5.74) is 9.22. The summed E-state index contributed by atoms with van der Waals surface area (Å²) in [6, 6.07) is 4.08. The standard InChI is InChI=1S/C24H30BrN3O2/c1-12-5-6-18-22(2,3)20(25)17(27)9-24(18)23(12,4)8-15-13(10-26)7-14-16(19(15)30-24)11-28-21(14)29/h7,12,17-18,20H,5-6,8-9,11,27H2,1-4H3,(H,28,29)/t12-,17+,18-,20-,23+,24-/m0/s1. The number of fused-ring (bicyclic) bond motifs is 3. The van der Waals surface area contributed by atoms with Gasteiger partial charge in [-0.2, -0.15) is 5.26 Å². The van der Waals surface area contributed by atoms with Gasteiger partial charge in [-0.3, -0.25) is 4.79 Å². The zero-order chi connectivity index (χ0) is 21.6. The predicted octanol–water partition coefficient (Wildman–Crippen LogP) is 4.05. The number of nitrogens with two attached hydrogens (primary N) is 1. The fraction of sp³-hybridized carbons (Fsp3) is 0.667. The van der Waals surface area contributed by atoms with E-state index in [9.17, 15) is 10.1 Å². The van der Waals surface area contributed by atoms with Gasteiger partial charge in [0, 0.05) is 51.9 Å². The van der Waals surface area contributed by atoms with Gasteiger partial charge in [0.1, 0.15) is 11.4 Å². The molecule has 4 aliphatic rings. The second kappa shape index (κ2) is 6.23. The minimum absolute atomic E-state index is 0.0191. The minimum Gasteiger partial charge on any atom is -0.486 e. The van der Waals surface area contributed by atoms with Crippen molar-refractivity contribution >= 4 is 21.8 Å². The molecule has 2 heterocycles. The molecule has 2 aliphatic carbocycles. The van der Waals surface area contributed by atoms with E-state index in [-0.39, 0.29) is 27.6 Å².